The molecule has 1 aromatic heterocycles. The molecule has 0 unspecified atom stereocenters. The maximum atomic E-state index is 13.2. The number of fused-ring (bicyclic) bond motifs is 1. The van der Waals surface area contributed by atoms with E-state index in [9.17, 15) is 4.79 Å². The molecule has 3 rings (SSSR count). The van der Waals surface area contributed by atoms with Gasteiger partial charge in [-0.2, -0.15) is 0 Å². The molecule has 0 spiro atoms. The predicted octanol–water partition coefficient (Wildman–Crippen LogP) is 12.1. The minimum Gasteiger partial charge on any atom is -0.494 e. The first-order valence-corrected chi connectivity index (χ1v) is 17.6. The van der Waals surface area contributed by atoms with E-state index in [1.807, 2.05) is 42.5 Å². The highest BCUT2D eigenvalue weighted by Gasteiger charge is 2.11. The molecule has 43 heavy (non-hydrogen) atoms. The number of rotatable bonds is 25. The van der Waals surface area contributed by atoms with Gasteiger partial charge < -0.3 is 13.9 Å². The van der Waals surface area contributed by atoms with Gasteiger partial charge >= 0.3 is 0 Å². The smallest absolute Gasteiger partial charge is 0.200 e. The van der Waals surface area contributed by atoms with E-state index in [1.54, 1.807) is 6.26 Å². The van der Waals surface area contributed by atoms with E-state index in [1.165, 1.54) is 116 Å². The fourth-order valence-corrected chi connectivity index (χ4v) is 5.69. The van der Waals surface area contributed by atoms with Gasteiger partial charge in [-0.15, -0.1) is 0 Å². The lowest BCUT2D eigenvalue weighted by Crippen LogP contribution is -2.05. The van der Waals surface area contributed by atoms with Crippen molar-refractivity contribution >= 4 is 11.0 Å². The molecule has 238 valence electrons. The van der Waals surface area contributed by atoms with Crippen molar-refractivity contribution in [3.05, 3.63) is 59.0 Å². The van der Waals surface area contributed by atoms with Gasteiger partial charge in [0, 0.05) is 6.07 Å². The summed E-state index contributed by atoms with van der Waals surface area (Å²) in [5.41, 5.74) is 1.93. The molecule has 0 aliphatic heterocycles. The van der Waals surface area contributed by atoms with E-state index < -0.39 is 0 Å². The normalized spacial score (nSPS) is 11.3. The number of ether oxygens (including phenoxy) is 2. The molecule has 0 bridgehead atoms. The monoisotopic (exact) mass is 590 g/mol. The van der Waals surface area contributed by atoms with Crippen molar-refractivity contribution < 1.29 is 13.9 Å². The molecule has 0 fully saturated rings. The highest BCUT2D eigenvalue weighted by Crippen LogP contribution is 2.25. The van der Waals surface area contributed by atoms with Crippen LogP contribution in [-0.2, 0) is 0 Å². The highest BCUT2D eigenvalue weighted by atomic mass is 16.5. The van der Waals surface area contributed by atoms with Crippen molar-refractivity contribution in [2.24, 2.45) is 0 Å². The van der Waals surface area contributed by atoms with E-state index in [0.29, 0.717) is 23.1 Å². The Bertz CT molecular complexity index is 1180. The minimum absolute atomic E-state index is 0.0264. The summed E-state index contributed by atoms with van der Waals surface area (Å²) in [6.07, 6.45) is 27.8. The highest BCUT2D eigenvalue weighted by molar-refractivity contribution is 5.82. The third kappa shape index (κ3) is 13.6. The van der Waals surface area contributed by atoms with Crippen LogP contribution in [-0.4, -0.2) is 13.2 Å². The van der Waals surface area contributed by atoms with Crippen LogP contribution in [0.3, 0.4) is 0 Å². The molecule has 0 saturated carbocycles. The standard InChI is InChI=1S/C39H58O4/c1-3-5-7-9-11-13-15-17-19-21-29-41-34-25-23-33(24-26-34)37-32-43-38-31-35(27-28-36(38)39(37)40)42-30-22-20-18-16-14-12-10-8-6-4-2/h23-28,31-32H,3-22,29-30H2,1-2H3. The average Bonchev–Trinajstić information content (AvgIpc) is 3.03. The summed E-state index contributed by atoms with van der Waals surface area (Å²) in [7, 11) is 0. The van der Waals surface area contributed by atoms with Gasteiger partial charge in [0.05, 0.1) is 24.2 Å². The quantitative estimate of drug-likeness (QED) is 0.0921. The molecule has 3 aromatic rings. The molecule has 1 heterocycles. The van der Waals surface area contributed by atoms with Crippen LogP contribution in [0.15, 0.2) is 57.9 Å². The Balaban J connectivity index is 1.35. The Kier molecular flexibility index (Phi) is 17.7. The van der Waals surface area contributed by atoms with Crippen LogP contribution in [0.1, 0.15) is 142 Å². The average molecular weight is 591 g/mol. The summed E-state index contributed by atoms with van der Waals surface area (Å²) < 4.78 is 17.8. The summed E-state index contributed by atoms with van der Waals surface area (Å²) in [4.78, 5) is 13.2. The number of unbranched alkanes of at least 4 members (excludes halogenated alkanes) is 18. The van der Waals surface area contributed by atoms with Gasteiger partial charge in [0.2, 0.25) is 0 Å². The minimum atomic E-state index is -0.0264. The molecule has 4 nitrogen and oxygen atoms in total. The fourth-order valence-electron chi connectivity index (χ4n) is 5.69. The second kappa shape index (κ2) is 21.9. The Hall–Kier alpha value is -2.75. The first-order valence-electron chi connectivity index (χ1n) is 17.6. The molecule has 0 aliphatic rings. The number of hydrogen-bond donors (Lipinski definition) is 0. The zero-order valence-electron chi connectivity index (χ0n) is 27.3. The van der Waals surface area contributed by atoms with Gasteiger partial charge in [-0.25, -0.2) is 0 Å². The van der Waals surface area contributed by atoms with Crippen molar-refractivity contribution in [2.75, 3.05) is 13.2 Å². The van der Waals surface area contributed by atoms with E-state index in [-0.39, 0.29) is 5.43 Å². The first-order chi connectivity index (χ1) is 21.2. The maximum Gasteiger partial charge on any atom is 0.200 e. The van der Waals surface area contributed by atoms with Gasteiger partial charge in [-0.05, 0) is 42.7 Å². The lowest BCUT2D eigenvalue weighted by atomic mass is 10.1. The molecule has 2 aromatic carbocycles. The Labute approximate surface area is 261 Å². The Morgan fingerprint density at radius 3 is 1.49 bits per heavy atom. The molecule has 4 heteroatoms. The molecule has 0 N–H and O–H groups in total. The lowest BCUT2D eigenvalue weighted by Gasteiger charge is -2.09. The van der Waals surface area contributed by atoms with Crippen LogP contribution >= 0.6 is 0 Å². The molecule has 0 amide bonds. The van der Waals surface area contributed by atoms with Crippen LogP contribution < -0.4 is 14.9 Å². The van der Waals surface area contributed by atoms with Gasteiger partial charge in [-0.1, -0.05) is 142 Å². The molecular weight excluding hydrogens is 532 g/mol. The largest absolute Gasteiger partial charge is 0.494 e. The molecule has 0 aliphatic carbocycles. The van der Waals surface area contributed by atoms with Crippen molar-refractivity contribution in [1.82, 2.24) is 0 Å². The third-order valence-electron chi connectivity index (χ3n) is 8.44. The zero-order chi connectivity index (χ0) is 30.4. The molecule has 0 radical (unpaired) electrons. The van der Waals surface area contributed by atoms with E-state index in [0.717, 1.165) is 36.5 Å². The second-order valence-electron chi connectivity index (χ2n) is 12.2. The number of hydrogen-bond acceptors (Lipinski definition) is 4. The van der Waals surface area contributed by atoms with Crippen molar-refractivity contribution in [3.8, 4) is 22.6 Å². The number of benzene rings is 2. The molecule has 0 atom stereocenters. The van der Waals surface area contributed by atoms with E-state index in [4.69, 9.17) is 13.9 Å². The van der Waals surface area contributed by atoms with Gasteiger partial charge in [0.25, 0.3) is 0 Å². The summed E-state index contributed by atoms with van der Waals surface area (Å²) in [5.74, 6) is 1.59. The van der Waals surface area contributed by atoms with E-state index in [2.05, 4.69) is 13.8 Å². The van der Waals surface area contributed by atoms with Crippen LogP contribution in [0.5, 0.6) is 11.5 Å². The summed E-state index contributed by atoms with van der Waals surface area (Å²) in [6, 6.07) is 13.3. The zero-order valence-corrected chi connectivity index (χ0v) is 27.3. The van der Waals surface area contributed by atoms with Crippen LogP contribution in [0.25, 0.3) is 22.1 Å². The van der Waals surface area contributed by atoms with Crippen LogP contribution in [0.4, 0.5) is 0 Å². The Morgan fingerprint density at radius 2 is 0.977 bits per heavy atom. The van der Waals surface area contributed by atoms with Gasteiger partial charge in [0.15, 0.2) is 5.43 Å². The van der Waals surface area contributed by atoms with E-state index >= 15 is 0 Å². The second-order valence-corrected chi connectivity index (χ2v) is 12.2. The molecular formula is C39H58O4. The summed E-state index contributed by atoms with van der Waals surface area (Å²) in [5, 5.41) is 0.574. The first kappa shape index (κ1) is 34.7. The Morgan fingerprint density at radius 1 is 0.535 bits per heavy atom. The topological polar surface area (TPSA) is 48.7 Å². The van der Waals surface area contributed by atoms with Crippen molar-refractivity contribution in [2.45, 2.75) is 142 Å². The third-order valence-corrected chi connectivity index (χ3v) is 8.44. The maximum absolute atomic E-state index is 13.2. The van der Waals surface area contributed by atoms with Crippen LogP contribution in [0, 0.1) is 0 Å². The van der Waals surface area contributed by atoms with Crippen molar-refractivity contribution in [3.63, 3.8) is 0 Å². The fraction of sp³-hybridized carbons (Fsp3) is 0.615. The predicted molar refractivity (Wildman–Crippen MR) is 183 cm³/mol. The van der Waals surface area contributed by atoms with Crippen LogP contribution in [0.2, 0.25) is 0 Å². The van der Waals surface area contributed by atoms with Crippen molar-refractivity contribution in [1.29, 1.82) is 0 Å². The molecule has 0 saturated heterocycles. The van der Waals surface area contributed by atoms with Gasteiger partial charge in [-0.3, -0.25) is 4.79 Å². The summed E-state index contributed by atoms with van der Waals surface area (Å²) in [6.45, 7) is 5.96. The lowest BCUT2D eigenvalue weighted by molar-refractivity contribution is 0.304. The summed E-state index contributed by atoms with van der Waals surface area (Å²) >= 11 is 0. The SMILES string of the molecule is CCCCCCCCCCCCOc1ccc(-c2coc3cc(OCCCCCCCCCCCC)ccc3c2=O)cc1. The van der Waals surface area contributed by atoms with Gasteiger partial charge in [0.1, 0.15) is 23.3 Å².